The summed E-state index contributed by atoms with van der Waals surface area (Å²) in [7, 11) is 1.74. The second-order valence-corrected chi connectivity index (χ2v) is 6.16. The molecule has 0 aromatic heterocycles. The zero-order chi connectivity index (χ0) is 13.4. The van der Waals surface area contributed by atoms with E-state index in [4.69, 9.17) is 4.74 Å². The second kappa shape index (κ2) is 7.90. The first-order valence-corrected chi connectivity index (χ1v) is 7.29. The number of methoxy groups -OCH3 is 1. The highest BCUT2D eigenvalue weighted by Gasteiger charge is 2.33. The molecule has 0 atom stereocenters. The predicted octanol–water partition coefficient (Wildman–Crippen LogP) is 2.74. The molecule has 3 nitrogen and oxygen atoms in total. The van der Waals surface area contributed by atoms with Gasteiger partial charge in [-0.2, -0.15) is 0 Å². The van der Waals surface area contributed by atoms with Crippen molar-refractivity contribution in [3.8, 4) is 0 Å². The van der Waals surface area contributed by atoms with Crippen molar-refractivity contribution in [1.82, 2.24) is 4.90 Å². The molecule has 0 heterocycles. The zero-order valence-electron chi connectivity index (χ0n) is 12.3. The molecule has 1 saturated carbocycles. The van der Waals surface area contributed by atoms with Crippen LogP contribution in [0.15, 0.2) is 0 Å². The molecule has 0 unspecified atom stereocenters. The third-order valence-electron chi connectivity index (χ3n) is 3.87. The maximum Gasteiger partial charge on any atom is 0.127 e. The van der Waals surface area contributed by atoms with Gasteiger partial charge in [0.05, 0.1) is 6.61 Å². The van der Waals surface area contributed by atoms with E-state index in [2.05, 4.69) is 18.7 Å². The van der Waals surface area contributed by atoms with Crippen LogP contribution in [0.5, 0.6) is 0 Å². The molecule has 1 fully saturated rings. The number of carbonyl (C=O) groups excluding carboxylic acids is 1. The molecule has 0 N–H and O–H groups in total. The minimum absolute atomic E-state index is 0.0825. The quantitative estimate of drug-likeness (QED) is 0.625. The van der Waals surface area contributed by atoms with Crippen molar-refractivity contribution >= 4 is 6.29 Å². The maximum atomic E-state index is 11.5. The highest BCUT2D eigenvalue weighted by atomic mass is 16.5. The van der Waals surface area contributed by atoms with Gasteiger partial charge in [0.15, 0.2) is 0 Å². The predicted molar refractivity (Wildman–Crippen MR) is 74.7 cm³/mol. The number of carbonyl (C=O) groups is 1. The van der Waals surface area contributed by atoms with Gasteiger partial charge in [0, 0.05) is 32.2 Å². The Morgan fingerprint density at radius 2 is 1.94 bits per heavy atom. The molecule has 0 radical (unpaired) electrons. The van der Waals surface area contributed by atoms with Gasteiger partial charge in [-0.1, -0.05) is 33.1 Å². The van der Waals surface area contributed by atoms with E-state index in [0.29, 0.717) is 5.92 Å². The molecule has 1 aliphatic rings. The Morgan fingerprint density at radius 3 is 2.44 bits per heavy atom. The Bertz CT molecular complexity index is 235. The van der Waals surface area contributed by atoms with E-state index < -0.39 is 0 Å². The van der Waals surface area contributed by atoms with E-state index in [0.717, 1.165) is 39.1 Å². The Balaban J connectivity index is 2.57. The number of rotatable bonds is 8. The summed E-state index contributed by atoms with van der Waals surface area (Å²) in [4.78, 5) is 13.9. The Kier molecular flexibility index (Phi) is 6.87. The van der Waals surface area contributed by atoms with Gasteiger partial charge >= 0.3 is 0 Å². The van der Waals surface area contributed by atoms with Crippen LogP contribution in [0.1, 0.15) is 46.0 Å². The molecule has 1 rings (SSSR count). The second-order valence-electron chi connectivity index (χ2n) is 6.16. The molecular formula is C15H29NO2. The van der Waals surface area contributed by atoms with E-state index in [-0.39, 0.29) is 5.41 Å². The van der Waals surface area contributed by atoms with Gasteiger partial charge in [0.2, 0.25) is 0 Å². The monoisotopic (exact) mass is 255 g/mol. The van der Waals surface area contributed by atoms with Crippen LogP contribution in [0.25, 0.3) is 0 Å². The van der Waals surface area contributed by atoms with Crippen LogP contribution in [-0.4, -0.2) is 44.5 Å². The Hall–Kier alpha value is -0.410. The average molecular weight is 255 g/mol. The number of aldehydes is 1. The third-order valence-corrected chi connectivity index (χ3v) is 3.87. The van der Waals surface area contributed by atoms with E-state index >= 15 is 0 Å². The fourth-order valence-electron chi connectivity index (χ4n) is 2.99. The first kappa shape index (κ1) is 15.6. The molecule has 18 heavy (non-hydrogen) atoms. The molecule has 0 spiro atoms. The summed E-state index contributed by atoms with van der Waals surface area (Å²) >= 11 is 0. The van der Waals surface area contributed by atoms with E-state index in [1.165, 1.54) is 25.5 Å². The lowest BCUT2D eigenvalue weighted by atomic mass is 9.75. The van der Waals surface area contributed by atoms with Gasteiger partial charge in [-0.15, -0.1) is 0 Å². The fourth-order valence-corrected chi connectivity index (χ4v) is 2.99. The fraction of sp³-hybridized carbons (Fsp3) is 0.933. The van der Waals surface area contributed by atoms with E-state index in [1.807, 2.05) is 0 Å². The Labute approximate surface area is 112 Å². The molecule has 0 saturated heterocycles. The summed E-state index contributed by atoms with van der Waals surface area (Å²) < 4.78 is 5.18. The minimum Gasteiger partial charge on any atom is -0.383 e. The molecule has 0 aromatic carbocycles. The molecule has 0 bridgehead atoms. The van der Waals surface area contributed by atoms with Crippen molar-refractivity contribution in [1.29, 1.82) is 0 Å². The van der Waals surface area contributed by atoms with E-state index in [9.17, 15) is 4.79 Å². The van der Waals surface area contributed by atoms with Gasteiger partial charge in [0.25, 0.3) is 0 Å². The van der Waals surface area contributed by atoms with Crippen molar-refractivity contribution in [2.24, 2.45) is 11.3 Å². The summed E-state index contributed by atoms with van der Waals surface area (Å²) in [6, 6.07) is 0. The summed E-state index contributed by atoms with van der Waals surface area (Å²) in [6.07, 6.45) is 7.07. The van der Waals surface area contributed by atoms with Gasteiger partial charge in [-0.25, -0.2) is 0 Å². The lowest BCUT2D eigenvalue weighted by Gasteiger charge is -2.37. The summed E-state index contributed by atoms with van der Waals surface area (Å²) in [5.74, 6) is 0.633. The first-order valence-electron chi connectivity index (χ1n) is 7.29. The molecule has 3 heteroatoms. The highest BCUT2D eigenvalue weighted by molar-refractivity contribution is 5.60. The molecule has 0 aliphatic heterocycles. The van der Waals surface area contributed by atoms with E-state index in [1.54, 1.807) is 7.11 Å². The smallest absolute Gasteiger partial charge is 0.127 e. The third kappa shape index (κ3) is 5.07. The first-order chi connectivity index (χ1) is 8.62. The zero-order valence-corrected chi connectivity index (χ0v) is 12.3. The number of hydrogen-bond acceptors (Lipinski definition) is 3. The number of nitrogens with zero attached hydrogens (tertiary/aromatic N) is 1. The molecular weight excluding hydrogens is 226 g/mol. The molecule has 0 amide bonds. The van der Waals surface area contributed by atoms with Crippen molar-refractivity contribution in [3.05, 3.63) is 0 Å². The van der Waals surface area contributed by atoms with Gasteiger partial charge < -0.3 is 9.53 Å². The van der Waals surface area contributed by atoms with Crippen LogP contribution in [0.3, 0.4) is 0 Å². The van der Waals surface area contributed by atoms with Crippen molar-refractivity contribution in [2.75, 3.05) is 33.4 Å². The van der Waals surface area contributed by atoms with Crippen LogP contribution in [0.2, 0.25) is 0 Å². The van der Waals surface area contributed by atoms with Crippen LogP contribution >= 0.6 is 0 Å². The Morgan fingerprint density at radius 1 is 1.28 bits per heavy atom. The largest absolute Gasteiger partial charge is 0.383 e. The van der Waals surface area contributed by atoms with Gasteiger partial charge in [-0.3, -0.25) is 4.90 Å². The number of hydrogen-bond donors (Lipinski definition) is 0. The summed E-state index contributed by atoms with van der Waals surface area (Å²) in [5, 5.41) is 0. The van der Waals surface area contributed by atoms with Crippen LogP contribution in [0.4, 0.5) is 0 Å². The lowest BCUT2D eigenvalue weighted by molar-refractivity contribution is -0.119. The van der Waals surface area contributed by atoms with Crippen LogP contribution in [-0.2, 0) is 9.53 Å². The standard InChI is InChI=1S/C15H29NO2/c1-14(2)11-16(9-10-18-3)12-15(13-17)7-5-4-6-8-15/h13-14H,4-12H2,1-3H3. The van der Waals surface area contributed by atoms with Gasteiger partial charge in [-0.05, 0) is 18.8 Å². The molecule has 106 valence electrons. The maximum absolute atomic E-state index is 11.5. The topological polar surface area (TPSA) is 29.5 Å². The average Bonchev–Trinajstić information content (AvgIpc) is 2.36. The van der Waals surface area contributed by atoms with Gasteiger partial charge in [0.1, 0.15) is 6.29 Å². The summed E-state index contributed by atoms with van der Waals surface area (Å²) in [6.45, 7) is 8.12. The lowest BCUT2D eigenvalue weighted by Crippen LogP contribution is -2.43. The number of ether oxygens (including phenoxy) is 1. The van der Waals surface area contributed by atoms with Crippen molar-refractivity contribution < 1.29 is 9.53 Å². The summed E-state index contributed by atoms with van der Waals surface area (Å²) in [5.41, 5.74) is -0.0825. The minimum atomic E-state index is -0.0825. The van der Waals surface area contributed by atoms with Crippen molar-refractivity contribution in [3.63, 3.8) is 0 Å². The normalized spacial score (nSPS) is 19.4. The van der Waals surface area contributed by atoms with Crippen molar-refractivity contribution in [2.45, 2.75) is 46.0 Å². The molecule has 0 aromatic rings. The van der Waals surface area contributed by atoms with Crippen LogP contribution < -0.4 is 0 Å². The molecule has 1 aliphatic carbocycles. The van der Waals surface area contributed by atoms with Crippen LogP contribution in [0, 0.1) is 11.3 Å². The SMILES string of the molecule is COCCN(CC(C)C)CC1(C=O)CCCCC1. The highest BCUT2D eigenvalue weighted by Crippen LogP contribution is 2.35.